The maximum atomic E-state index is 11.9. The largest absolute Gasteiger partial charge is 0.308 e. The van der Waals surface area contributed by atoms with Gasteiger partial charge in [0.25, 0.3) is 10.0 Å². The van der Waals surface area contributed by atoms with Gasteiger partial charge < -0.3 is 5.43 Å². The molecular weight excluding hydrogens is 262 g/mol. The van der Waals surface area contributed by atoms with Crippen LogP contribution < -0.4 is 16.0 Å². The highest BCUT2D eigenvalue weighted by Gasteiger charge is 2.15. The average Bonchev–Trinajstić information content (AvgIpc) is 2.81. The molecule has 0 amide bonds. The Balaban J connectivity index is 2.25. The molecule has 7 nitrogen and oxygen atoms in total. The third-order valence-corrected chi connectivity index (χ3v) is 3.99. The molecule has 0 radical (unpaired) electrons. The van der Waals surface area contributed by atoms with Crippen LogP contribution in [0.5, 0.6) is 0 Å². The van der Waals surface area contributed by atoms with E-state index in [-0.39, 0.29) is 4.90 Å². The van der Waals surface area contributed by atoms with Crippen molar-refractivity contribution in [1.82, 2.24) is 9.97 Å². The minimum absolute atomic E-state index is 0.0479. The number of nitrogen functional groups attached to an aromatic ring is 1. The van der Waals surface area contributed by atoms with E-state index in [1.165, 1.54) is 35.9 Å². The van der Waals surface area contributed by atoms with Crippen molar-refractivity contribution in [2.24, 2.45) is 5.84 Å². The summed E-state index contributed by atoms with van der Waals surface area (Å²) in [5.74, 6) is 5.52. The fraction of sp³-hybridized carbons (Fsp3) is 0. The summed E-state index contributed by atoms with van der Waals surface area (Å²) in [4.78, 5) is 7.70. The van der Waals surface area contributed by atoms with Crippen molar-refractivity contribution in [3.05, 3.63) is 29.9 Å². The minimum atomic E-state index is -3.64. The highest BCUT2D eigenvalue weighted by Crippen LogP contribution is 2.17. The van der Waals surface area contributed by atoms with Crippen LogP contribution in [0.15, 0.2) is 34.8 Å². The van der Waals surface area contributed by atoms with E-state index >= 15 is 0 Å². The summed E-state index contributed by atoms with van der Waals surface area (Å²) in [6.45, 7) is 0. The number of hydrogen-bond acceptors (Lipinski definition) is 7. The Morgan fingerprint density at radius 3 is 2.65 bits per heavy atom. The predicted octanol–water partition coefficient (Wildman–Crippen LogP) is 0.624. The fourth-order valence-electron chi connectivity index (χ4n) is 1.07. The summed E-state index contributed by atoms with van der Waals surface area (Å²) >= 11 is 1.20. The number of thiazole rings is 1. The minimum Gasteiger partial charge on any atom is -0.308 e. The predicted molar refractivity (Wildman–Crippen MR) is 65.0 cm³/mol. The summed E-state index contributed by atoms with van der Waals surface area (Å²) in [5.41, 5.74) is 2.31. The third-order valence-electron chi connectivity index (χ3n) is 1.85. The van der Waals surface area contributed by atoms with Crippen molar-refractivity contribution in [3.8, 4) is 0 Å². The molecule has 2 aromatic rings. The van der Waals surface area contributed by atoms with E-state index in [0.717, 1.165) is 0 Å². The smallest absolute Gasteiger partial charge is 0.265 e. The van der Waals surface area contributed by atoms with E-state index in [4.69, 9.17) is 5.84 Å². The first-order valence-corrected chi connectivity index (χ1v) is 6.83. The molecule has 9 heteroatoms. The fourth-order valence-corrected chi connectivity index (χ4v) is 2.81. The van der Waals surface area contributed by atoms with Crippen LogP contribution in [0.1, 0.15) is 0 Å². The van der Waals surface area contributed by atoms with Gasteiger partial charge in [0.05, 0.1) is 0 Å². The molecule has 17 heavy (non-hydrogen) atoms. The van der Waals surface area contributed by atoms with Gasteiger partial charge in [-0.1, -0.05) is 0 Å². The van der Waals surface area contributed by atoms with Gasteiger partial charge in [-0.15, -0.1) is 11.3 Å². The summed E-state index contributed by atoms with van der Waals surface area (Å²) in [7, 11) is -3.64. The van der Waals surface area contributed by atoms with Crippen LogP contribution in [0.25, 0.3) is 0 Å². The van der Waals surface area contributed by atoms with Crippen LogP contribution in [-0.2, 0) is 10.0 Å². The lowest BCUT2D eigenvalue weighted by molar-refractivity contribution is 0.601. The summed E-state index contributed by atoms with van der Waals surface area (Å²) < 4.78 is 26.1. The number of hydrazine groups is 1. The Bertz CT molecular complexity index is 579. The number of sulfonamides is 1. The Hall–Kier alpha value is -1.71. The van der Waals surface area contributed by atoms with Gasteiger partial charge in [0.2, 0.25) is 0 Å². The summed E-state index contributed by atoms with van der Waals surface area (Å²) in [5, 5.41) is 1.99. The number of nitrogens with one attached hydrogen (secondary N) is 2. The van der Waals surface area contributed by atoms with E-state index in [0.29, 0.717) is 10.9 Å². The molecule has 0 unspecified atom stereocenters. The second kappa shape index (κ2) is 4.65. The molecule has 0 atom stereocenters. The number of pyridine rings is 1. The second-order valence-electron chi connectivity index (χ2n) is 2.97. The van der Waals surface area contributed by atoms with Crippen molar-refractivity contribution < 1.29 is 8.42 Å². The van der Waals surface area contributed by atoms with Crippen LogP contribution in [0, 0.1) is 0 Å². The molecule has 0 fully saturated rings. The molecule has 90 valence electrons. The van der Waals surface area contributed by atoms with Gasteiger partial charge in [-0.25, -0.2) is 24.2 Å². The molecule has 4 N–H and O–H groups in total. The lowest BCUT2D eigenvalue weighted by atomic mass is 10.5. The first kappa shape index (κ1) is 11.8. The van der Waals surface area contributed by atoms with E-state index in [1.807, 2.05) is 0 Å². The van der Waals surface area contributed by atoms with Crippen LogP contribution in [-0.4, -0.2) is 18.4 Å². The maximum Gasteiger partial charge on any atom is 0.265 e. The number of nitrogens with zero attached hydrogens (tertiary/aromatic N) is 2. The number of rotatable bonds is 4. The zero-order valence-corrected chi connectivity index (χ0v) is 10.1. The van der Waals surface area contributed by atoms with E-state index in [9.17, 15) is 8.42 Å². The summed E-state index contributed by atoms with van der Waals surface area (Å²) in [6, 6.07) is 2.87. The van der Waals surface area contributed by atoms with E-state index in [2.05, 4.69) is 20.1 Å². The van der Waals surface area contributed by atoms with Crippen molar-refractivity contribution in [1.29, 1.82) is 0 Å². The Morgan fingerprint density at radius 2 is 2.12 bits per heavy atom. The third kappa shape index (κ3) is 2.70. The zero-order valence-electron chi connectivity index (χ0n) is 8.49. The van der Waals surface area contributed by atoms with E-state index < -0.39 is 10.0 Å². The Kier molecular flexibility index (Phi) is 3.22. The Labute approximate surface area is 102 Å². The van der Waals surface area contributed by atoms with Crippen LogP contribution in [0.2, 0.25) is 0 Å². The van der Waals surface area contributed by atoms with Crippen molar-refractivity contribution in [2.75, 3.05) is 10.1 Å². The number of aromatic nitrogens is 2. The highest BCUT2D eigenvalue weighted by molar-refractivity contribution is 7.93. The molecule has 0 bridgehead atoms. The SMILES string of the molecule is NNc1ccc(S(=O)(=O)Nc2nccs2)cn1. The maximum absolute atomic E-state index is 11.9. The first-order valence-electron chi connectivity index (χ1n) is 4.47. The van der Waals surface area contributed by atoms with Crippen LogP contribution in [0.4, 0.5) is 10.9 Å². The van der Waals surface area contributed by atoms with Gasteiger partial charge in [0.15, 0.2) is 5.13 Å². The molecular formula is C8H9N5O2S2. The normalized spacial score (nSPS) is 11.1. The lowest BCUT2D eigenvalue weighted by Gasteiger charge is -2.05. The topological polar surface area (TPSA) is 110 Å². The van der Waals surface area contributed by atoms with Crippen LogP contribution in [0.3, 0.4) is 0 Å². The van der Waals surface area contributed by atoms with Crippen molar-refractivity contribution in [2.45, 2.75) is 4.90 Å². The number of anilines is 2. The molecule has 0 saturated heterocycles. The quantitative estimate of drug-likeness (QED) is 0.555. The molecule has 0 spiro atoms. The van der Waals surface area contributed by atoms with Gasteiger partial charge in [-0.2, -0.15) is 0 Å². The standard InChI is InChI=1S/C8H9N5O2S2/c9-12-7-2-1-6(5-11-7)17(14,15)13-8-10-3-4-16-8/h1-5H,9H2,(H,10,13)(H,11,12). The molecule has 2 heterocycles. The van der Waals surface area contributed by atoms with Gasteiger partial charge in [-0.05, 0) is 12.1 Å². The van der Waals surface area contributed by atoms with E-state index in [1.54, 1.807) is 5.38 Å². The van der Waals surface area contributed by atoms with Crippen LogP contribution >= 0.6 is 11.3 Å². The van der Waals surface area contributed by atoms with Crippen molar-refractivity contribution >= 4 is 32.3 Å². The number of hydrogen-bond donors (Lipinski definition) is 3. The second-order valence-corrected chi connectivity index (χ2v) is 5.54. The zero-order chi connectivity index (χ0) is 12.3. The molecule has 0 aliphatic carbocycles. The molecule has 0 aromatic carbocycles. The van der Waals surface area contributed by atoms with Crippen molar-refractivity contribution in [3.63, 3.8) is 0 Å². The molecule has 0 aliphatic heterocycles. The molecule has 2 aromatic heterocycles. The molecule has 2 rings (SSSR count). The lowest BCUT2D eigenvalue weighted by Crippen LogP contribution is -2.14. The average molecular weight is 271 g/mol. The Morgan fingerprint density at radius 1 is 1.29 bits per heavy atom. The summed E-state index contributed by atoms with van der Waals surface area (Å²) in [6.07, 6.45) is 2.73. The number of nitrogens with two attached hydrogens (primary N) is 1. The monoisotopic (exact) mass is 271 g/mol. The molecule has 0 aliphatic rings. The van der Waals surface area contributed by atoms with Gasteiger partial charge >= 0.3 is 0 Å². The van der Waals surface area contributed by atoms with Gasteiger partial charge in [0, 0.05) is 17.8 Å². The van der Waals surface area contributed by atoms with Gasteiger partial charge in [-0.3, -0.25) is 4.72 Å². The molecule has 0 saturated carbocycles. The highest BCUT2D eigenvalue weighted by atomic mass is 32.2. The van der Waals surface area contributed by atoms with Gasteiger partial charge in [0.1, 0.15) is 10.7 Å². The first-order chi connectivity index (χ1) is 8.12.